The van der Waals surface area contributed by atoms with Crippen molar-refractivity contribution in [3.8, 4) is 5.75 Å². The van der Waals surface area contributed by atoms with Gasteiger partial charge in [-0.1, -0.05) is 12.1 Å². The summed E-state index contributed by atoms with van der Waals surface area (Å²) in [6.45, 7) is 2.18. The van der Waals surface area contributed by atoms with Crippen LogP contribution in [0.15, 0.2) is 48.5 Å². The van der Waals surface area contributed by atoms with Gasteiger partial charge >= 0.3 is 0 Å². The Labute approximate surface area is 152 Å². The average molecular weight is 380 g/mol. The first kappa shape index (κ1) is 19.7. The molecule has 0 radical (unpaired) electrons. The molecule has 0 aliphatic rings. The van der Waals surface area contributed by atoms with E-state index in [1.54, 1.807) is 36.4 Å². The second-order valence-electron chi connectivity index (χ2n) is 5.60. The van der Waals surface area contributed by atoms with Crippen molar-refractivity contribution in [3.63, 3.8) is 0 Å². The van der Waals surface area contributed by atoms with Crippen molar-refractivity contribution >= 4 is 21.6 Å². The van der Waals surface area contributed by atoms with Crippen LogP contribution in [0.2, 0.25) is 0 Å². The highest BCUT2D eigenvalue weighted by Crippen LogP contribution is 2.21. The molecule has 6 nitrogen and oxygen atoms in total. The van der Waals surface area contributed by atoms with Gasteiger partial charge in [0.15, 0.2) is 0 Å². The molecule has 2 rings (SSSR count). The third kappa shape index (κ3) is 5.73. The summed E-state index contributed by atoms with van der Waals surface area (Å²) in [6, 6.07) is 12.2. The maximum Gasteiger partial charge on any atom is 0.241 e. The number of nitrogens with one attached hydrogen (secondary N) is 1. The van der Waals surface area contributed by atoms with Crippen LogP contribution in [0.4, 0.5) is 10.1 Å². The highest BCUT2D eigenvalue weighted by molar-refractivity contribution is 7.92. The molecule has 0 unspecified atom stereocenters. The van der Waals surface area contributed by atoms with Gasteiger partial charge in [-0.3, -0.25) is 9.10 Å². The van der Waals surface area contributed by atoms with Gasteiger partial charge in [0.25, 0.3) is 0 Å². The van der Waals surface area contributed by atoms with Gasteiger partial charge in [-0.2, -0.15) is 0 Å². The monoisotopic (exact) mass is 380 g/mol. The molecule has 0 spiro atoms. The fourth-order valence-electron chi connectivity index (χ4n) is 2.26. The minimum atomic E-state index is -3.64. The Bertz CT molecular complexity index is 836. The second-order valence-corrected chi connectivity index (χ2v) is 7.51. The fraction of sp³-hybridized carbons (Fsp3) is 0.278. The van der Waals surface area contributed by atoms with E-state index < -0.39 is 15.9 Å². The lowest BCUT2D eigenvalue weighted by molar-refractivity contribution is -0.119. The molecule has 2 aromatic rings. The molecule has 0 saturated carbocycles. The second kappa shape index (κ2) is 8.66. The number of ether oxygens (including phenoxy) is 1. The first-order valence-corrected chi connectivity index (χ1v) is 9.86. The molecular weight excluding hydrogens is 359 g/mol. The topological polar surface area (TPSA) is 75.7 Å². The summed E-state index contributed by atoms with van der Waals surface area (Å²) in [6.07, 6.45) is 1.04. The van der Waals surface area contributed by atoms with Crippen LogP contribution in [0.25, 0.3) is 0 Å². The Morgan fingerprint density at radius 1 is 1.12 bits per heavy atom. The molecule has 0 heterocycles. The molecule has 8 heteroatoms. The number of amides is 1. The summed E-state index contributed by atoms with van der Waals surface area (Å²) < 4.78 is 43.4. The van der Waals surface area contributed by atoms with Gasteiger partial charge in [-0.25, -0.2) is 12.8 Å². The van der Waals surface area contributed by atoms with Crippen molar-refractivity contribution in [2.24, 2.45) is 0 Å². The first-order valence-electron chi connectivity index (χ1n) is 8.01. The van der Waals surface area contributed by atoms with Gasteiger partial charge in [0.2, 0.25) is 15.9 Å². The van der Waals surface area contributed by atoms with Crippen LogP contribution < -0.4 is 14.4 Å². The average Bonchev–Trinajstić information content (AvgIpc) is 2.59. The molecule has 2 aromatic carbocycles. The van der Waals surface area contributed by atoms with E-state index in [1.807, 2.05) is 6.92 Å². The van der Waals surface area contributed by atoms with E-state index in [2.05, 4.69) is 5.32 Å². The number of anilines is 1. The van der Waals surface area contributed by atoms with Crippen LogP contribution in [0.5, 0.6) is 5.75 Å². The highest BCUT2D eigenvalue weighted by Gasteiger charge is 2.20. The zero-order valence-corrected chi connectivity index (χ0v) is 15.4. The van der Waals surface area contributed by atoms with Crippen molar-refractivity contribution in [1.29, 1.82) is 0 Å². The van der Waals surface area contributed by atoms with E-state index in [0.29, 0.717) is 23.6 Å². The Morgan fingerprint density at radius 3 is 2.27 bits per heavy atom. The number of benzene rings is 2. The molecule has 140 valence electrons. The standard InChI is InChI=1S/C18H21FN2O4S/c1-3-25-17-10-8-16(9-11-17)21(26(2,23)24)13-18(22)20-12-14-4-6-15(19)7-5-14/h4-11H,3,12-13H2,1-2H3,(H,20,22). The molecule has 0 bridgehead atoms. The number of nitrogens with zero attached hydrogens (tertiary/aromatic N) is 1. The molecule has 0 atom stereocenters. The summed E-state index contributed by atoms with van der Waals surface area (Å²) >= 11 is 0. The molecule has 0 fully saturated rings. The normalized spacial score (nSPS) is 11.0. The molecule has 0 aliphatic heterocycles. The lowest BCUT2D eigenvalue weighted by Gasteiger charge is -2.22. The minimum Gasteiger partial charge on any atom is -0.494 e. The van der Waals surface area contributed by atoms with Gasteiger partial charge in [0.05, 0.1) is 18.6 Å². The van der Waals surface area contributed by atoms with Gasteiger partial charge in [0.1, 0.15) is 18.1 Å². The van der Waals surface area contributed by atoms with E-state index in [9.17, 15) is 17.6 Å². The van der Waals surface area contributed by atoms with Crippen LogP contribution in [-0.4, -0.2) is 33.7 Å². The van der Waals surface area contributed by atoms with E-state index >= 15 is 0 Å². The highest BCUT2D eigenvalue weighted by atomic mass is 32.2. The fourth-order valence-corrected chi connectivity index (χ4v) is 3.12. The predicted octanol–water partition coefficient (Wildman–Crippen LogP) is 2.31. The van der Waals surface area contributed by atoms with Crippen LogP contribution in [0.3, 0.4) is 0 Å². The quantitative estimate of drug-likeness (QED) is 0.763. The van der Waals surface area contributed by atoms with Crippen molar-refractivity contribution in [2.75, 3.05) is 23.7 Å². The third-order valence-electron chi connectivity index (χ3n) is 3.53. The van der Waals surface area contributed by atoms with Gasteiger partial charge < -0.3 is 10.1 Å². The largest absolute Gasteiger partial charge is 0.494 e. The van der Waals surface area contributed by atoms with Crippen LogP contribution in [-0.2, 0) is 21.4 Å². The maximum absolute atomic E-state index is 12.9. The van der Waals surface area contributed by atoms with Crippen molar-refractivity contribution in [2.45, 2.75) is 13.5 Å². The molecule has 0 saturated heterocycles. The molecule has 0 aromatic heterocycles. The number of carbonyl (C=O) groups excluding carboxylic acids is 1. The van der Waals surface area contributed by atoms with Crippen LogP contribution in [0, 0.1) is 5.82 Å². The number of hydrogen-bond acceptors (Lipinski definition) is 4. The van der Waals surface area contributed by atoms with Gasteiger partial charge in [-0.05, 0) is 48.9 Å². The molecule has 26 heavy (non-hydrogen) atoms. The summed E-state index contributed by atoms with van der Waals surface area (Å²) in [5.41, 5.74) is 1.08. The summed E-state index contributed by atoms with van der Waals surface area (Å²) in [5.74, 6) is -0.210. The Morgan fingerprint density at radius 2 is 1.73 bits per heavy atom. The van der Waals surface area contributed by atoms with Crippen LogP contribution in [0.1, 0.15) is 12.5 Å². The Hall–Kier alpha value is -2.61. The zero-order valence-electron chi connectivity index (χ0n) is 14.6. The summed E-state index contributed by atoms with van der Waals surface area (Å²) in [5, 5.41) is 2.63. The van der Waals surface area contributed by atoms with Crippen molar-refractivity contribution < 1.29 is 22.3 Å². The maximum atomic E-state index is 12.9. The molecule has 1 amide bonds. The molecule has 1 N–H and O–H groups in total. The Balaban J connectivity index is 2.05. The van der Waals surface area contributed by atoms with E-state index in [4.69, 9.17) is 4.74 Å². The number of halogens is 1. The number of carbonyl (C=O) groups is 1. The minimum absolute atomic E-state index is 0.181. The summed E-state index contributed by atoms with van der Waals surface area (Å²) in [4.78, 5) is 12.2. The van der Waals surface area contributed by atoms with E-state index in [-0.39, 0.29) is 18.9 Å². The van der Waals surface area contributed by atoms with Crippen molar-refractivity contribution in [3.05, 3.63) is 59.9 Å². The SMILES string of the molecule is CCOc1ccc(N(CC(=O)NCc2ccc(F)cc2)S(C)(=O)=O)cc1. The summed E-state index contributed by atoms with van der Waals surface area (Å²) in [7, 11) is -3.64. The van der Waals surface area contributed by atoms with Crippen molar-refractivity contribution in [1.82, 2.24) is 5.32 Å². The number of sulfonamides is 1. The third-order valence-corrected chi connectivity index (χ3v) is 4.67. The molecule has 0 aliphatic carbocycles. The van der Waals surface area contributed by atoms with E-state index in [1.165, 1.54) is 12.1 Å². The molecular formula is C18H21FN2O4S. The first-order chi connectivity index (χ1) is 12.3. The van der Waals surface area contributed by atoms with Gasteiger partial charge in [0, 0.05) is 6.54 Å². The number of hydrogen-bond donors (Lipinski definition) is 1. The predicted molar refractivity (Wildman–Crippen MR) is 98.0 cm³/mol. The lowest BCUT2D eigenvalue weighted by Crippen LogP contribution is -2.40. The number of rotatable bonds is 8. The van der Waals surface area contributed by atoms with Crippen LogP contribution >= 0.6 is 0 Å². The van der Waals surface area contributed by atoms with Gasteiger partial charge in [-0.15, -0.1) is 0 Å². The van der Waals surface area contributed by atoms with E-state index in [0.717, 1.165) is 10.6 Å². The lowest BCUT2D eigenvalue weighted by atomic mass is 10.2. The Kier molecular flexibility index (Phi) is 6.57. The zero-order chi connectivity index (χ0) is 19.2. The smallest absolute Gasteiger partial charge is 0.241 e.